The van der Waals surface area contributed by atoms with Crippen LogP contribution < -0.4 is 14.8 Å². The zero-order valence-electron chi connectivity index (χ0n) is 12.8. The number of benzene rings is 1. The maximum absolute atomic E-state index is 8.97. The van der Waals surface area contributed by atoms with Gasteiger partial charge in [-0.3, -0.25) is 0 Å². The molecule has 0 heterocycles. The number of ether oxygens (including phenoxy) is 2. The summed E-state index contributed by atoms with van der Waals surface area (Å²) in [5, 5.41) is 12.1. The summed E-state index contributed by atoms with van der Waals surface area (Å²) < 4.78 is 11.1. The number of nitrogens with zero attached hydrogens (tertiary/aromatic N) is 1. The van der Waals surface area contributed by atoms with E-state index >= 15 is 0 Å². The van der Waals surface area contributed by atoms with Gasteiger partial charge in [0.15, 0.2) is 11.5 Å². The fraction of sp³-hybridized carbons (Fsp3) is 0.562. The molecule has 0 atom stereocenters. The SMILES string of the molecule is CNCc1ccc(OC)c(OCCCC(C)(C)C#N)c1. The van der Waals surface area contributed by atoms with Gasteiger partial charge in [-0.2, -0.15) is 5.26 Å². The van der Waals surface area contributed by atoms with Gasteiger partial charge in [0.2, 0.25) is 0 Å². The van der Waals surface area contributed by atoms with Gasteiger partial charge < -0.3 is 14.8 Å². The minimum absolute atomic E-state index is 0.290. The monoisotopic (exact) mass is 276 g/mol. The van der Waals surface area contributed by atoms with Crippen LogP contribution in [0, 0.1) is 16.7 Å². The second-order valence-electron chi connectivity index (χ2n) is 5.46. The number of methoxy groups -OCH3 is 1. The standard InChI is InChI=1S/C16H24N2O2/c1-16(2,12-17)8-5-9-20-15-10-13(11-18-3)6-7-14(15)19-4/h6-7,10,18H,5,8-9,11H2,1-4H3. The highest BCUT2D eigenvalue weighted by Gasteiger charge is 2.16. The Kier molecular flexibility index (Phi) is 6.33. The quantitative estimate of drug-likeness (QED) is 0.741. The van der Waals surface area contributed by atoms with E-state index in [9.17, 15) is 0 Å². The first-order chi connectivity index (χ1) is 9.52. The van der Waals surface area contributed by atoms with E-state index in [0.717, 1.165) is 36.4 Å². The van der Waals surface area contributed by atoms with Crippen molar-refractivity contribution in [2.24, 2.45) is 5.41 Å². The average Bonchev–Trinajstić information content (AvgIpc) is 2.44. The van der Waals surface area contributed by atoms with E-state index in [2.05, 4.69) is 11.4 Å². The maximum Gasteiger partial charge on any atom is 0.161 e. The highest BCUT2D eigenvalue weighted by atomic mass is 16.5. The number of nitriles is 1. The molecule has 1 aromatic rings. The van der Waals surface area contributed by atoms with Gasteiger partial charge in [0.25, 0.3) is 0 Å². The third-order valence-corrected chi connectivity index (χ3v) is 3.12. The first-order valence-electron chi connectivity index (χ1n) is 6.88. The van der Waals surface area contributed by atoms with Crippen LogP contribution in [0.4, 0.5) is 0 Å². The van der Waals surface area contributed by atoms with Gasteiger partial charge in [-0.25, -0.2) is 0 Å². The Morgan fingerprint density at radius 3 is 2.65 bits per heavy atom. The van der Waals surface area contributed by atoms with Gasteiger partial charge in [0.05, 0.1) is 25.2 Å². The van der Waals surface area contributed by atoms with Crippen LogP contribution in [-0.2, 0) is 6.54 Å². The fourth-order valence-electron chi connectivity index (χ4n) is 1.90. The topological polar surface area (TPSA) is 54.3 Å². The molecular weight excluding hydrogens is 252 g/mol. The molecular formula is C16H24N2O2. The summed E-state index contributed by atoms with van der Waals surface area (Å²) in [4.78, 5) is 0. The zero-order valence-corrected chi connectivity index (χ0v) is 12.8. The highest BCUT2D eigenvalue weighted by Crippen LogP contribution is 2.29. The second-order valence-corrected chi connectivity index (χ2v) is 5.46. The van der Waals surface area contributed by atoms with Crippen molar-refractivity contribution in [1.82, 2.24) is 5.32 Å². The third-order valence-electron chi connectivity index (χ3n) is 3.12. The van der Waals surface area contributed by atoms with Crippen LogP contribution in [0.5, 0.6) is 11.5 Å². The molecule has 0 aliphatic rings. The van der Waals surface area contributed by atoms with Crippen molar-refractivity contribution in [2.75, 3.05) is 20.8 Å². The molecule has 1 rings (SSSR count). The molecule has 0 spiro atoms. The molecule has 4 heteroatoms. The van der Waals surface area contributed by atoms with Gasteiger partial charge in [-0.1, -0.05) is 6.07 Å². The normalized spacial score (nSPS) is 10.9. The smallest absolute Gasteiger partial charge is 0.161 e. The first-order valence-corrected chi connectivity index (χ1v) is 6.88. The second kappa shape index (κ2) is 7.76. The number of nitrogens with one attached hydrogen (secondary N) is 1. The van der Waals surface area contributed by atoms with Crippen LogP contribution in [0.1, 0.15) is 32.3 Å². The van der Waals surface area contributed by atoms with E-state index in [0.29, 0.717) is 6.61 Å². The Hall–Kier alpha value is -1.73. The largest absolute Gasteiger partial charge is 0.493 e. The molecule has 20 heavy (non-hydrogen) atoms. The lowest BCUT2D eigenvalue weighted by atomic mass is 9.90. The molecule has 0 amide bonds. The molecule has 0 saturated carbocycles. The van der Waals surface area contributed by atoms with E-state index in [1.54, 1.807) is 7.11 Å². The lowest BCUT2D eigenvalue weighted by molar-refractivity contribution is 0.269. The summed E-state index contributed by atoms with van der Waals surface area (Å²) >= 11 is 0. The van der Waals surface area contributed by atoms with E-state index in [4.69, 9.17) is 14.7 Å². The number of hydrogen-bond acceptors (Lipinski definition) is 4. The Morgan fingerprint density at radius 2 is 2.05 bits per heavy atom. The fourth-order valence-corrected chi connectivity index (χ4v) is 1.90. The molecule has 0 unspecified atom stereocenters. The molecule has 0 radical (unpaired) electrons. The summed E-state index contributed by atoms with van der Waals surface area (Å²) in [6.45, 7) is 5.27. The van der Waals surface area contributed by atoms with Crippen LogP contribution in [0.3, 0.4) is 0 Å². The molecule has 4 nitrogen and oxygen atoms in total. The van der Waals surface area contributed by atoms with Crippen molar-refractivity contribution >= 4 is 0 Å². The minimum atomic E-state index is -0.290. The Balaban J connectivity index is 2.58. The van der Waals surface area contributed by atoms with Crippen LogP contribution in [0.15, 0.2) is 18.2 Å². The molecule has 0 saturated heterocycles. The molecule has 0 bridgehead atoms. The molecule has 0 aliphatic carbocycles. The summed E-state index contributed by atoms with van der Waals surface area (Å²) in [5.41, 5.74) is 0.863. The lowest BCUT2D eigenvalue weighted by Gasteiger charge is -2.16. The van der Waals surface area contributed by atoms with Gasteiger partial charge in [0.1, 0.15) is 0 Å². The molecule has 0 aromatic heterocycles. The van der Waals surface area contributed by atoms with Gasteiger partial charge in [0, 0.05) is 6.54 Å². The van der Waals surface area contributed by atoms with E-state index < -0.39 is 0 Å². The van der Waals surface area contributed by atoms with Crippen molar-refractivity contribution in [3.63, 3.8) is 0 Å². The molecule has 110 valence electrons. The summed E-state index contributed by atoms with van der Waals surface area (Å²) in [6.07, 6.45) is 1.67. The van der Waals surface area contributed by atoms with E-state index in [1.165, 1.54) is 0 Å². The number of hydrogen-bond donors (Lipinski definition) is 1. The van der Waals surface area contributed by atoms with Crippen molar-refractivity contribution in [2.45, 2.75) is 33.2 Å². The number of rotatable bonds is 8. The maximum atomic E-state index is 8.97. The minimum Gasteiger partial charge on any atom is -0.493 e. The predicted molar refractivity (Wildman–Crippen MR) is 79.9 cm³/mol. The molecule has 0 fully saturated rings. The summed E-state index contributed by atoms with van der Waals surface area (Å²) in [6, 6.07) is 8.22. The van der Waals surface area contributed by atoms with E-state index in [1.807, 2.05) is 39.1 Å². The van der Waals surface area contributed by atoms with Crippen LogP contribution in [-0.4, -0.2) is 20.8 Å². The summed E-state index contributed by atoms with van der Waals surface area (Å²) in [7, 11) is 3.55. The highest BCUT2D eigenvalue weighted by molar-refractivity contribution is 5.42. The Labute approximate surface area is 121 Å². The first kappa shape index (κ1) is 16.3. The average molecular weight is 276 g/mol. The summed E-state index contributed by atoms with van der Waals surface area (Å²) in [5.74, 6) is 1.50. The zero-order chi connectivity index (χ0) is 15.0. The van der Waals surface area contributed by atoms with Crippen LogP contribution >= 0.6 is 0 Å². The molecule has 0 aliphatic heterocycles. The molecule has 1 N–H and O–H groups in total. The lowest BCUT2D eigenvalue weighted by Crippen LogP contribution is -2.10. The van der Waals surface area contributed by atoms with Gasteiger partial charge in [-0.05, 0) is 51.4 Å². The van der Waals surface area contributed by atoms with Gasteiger partial charge in [-0.15, -0.1) is 0 Å². The van der Waals surface area contributed by atoms with Crippen molar-refractivity contribution in [1.29, 1.82) is 5.26 Å². The van der Waals surface area contributed by atoms with Crippen molar-refractivity contribution in [3.05, 3.63) is 23.8 Å². The van der Waals surface area contributed by atoms with Gasteiger partial charge >= 0.3 is 0 Å². The van der Waals surface area contributed by atoms with Crippen molar-refractivity contribution in [3.8, 4) is 17.6 Å². The Morgan fingerprint density at radius 1 is 1.30 bits per heavy atom. The predicted octanol–water partition coefficient (Wildman–Crippen LogP) is 3.12. The van der Waals surface area contributed by atoms with E-state index in [-0.39, 0.29) is 5.41 Å². The van der Waals surface area contributed by atoms with Crippen LogP contribution in [0.2, 0.25) is 0 Å². The van der Waals surface area contributed by atoms with Crippen LogP contribution in [0.25, 0.3) is 0 Å². The molecule has 1 aromatic carbocycles. The Bertz CT molecular complexity index is 464. The van der Waals surface area contributed by atoms with Crippen molar-refractivity contribution < 1.29 is 9.47 Å². The third kappa shape index (κ3) is 5.10.